The molecular weight excluding hydrogens is 212 g/mol. The average Bonchev–Trinajstić information content (AvgIpc) is 2.80. The molecule has 2 aliphatic rings. The Kier molecular flexibility index (Phi) is 2.62. The highest BCUT2D eigenvalue weighted by atomic mass is 16.5. The minimum absolute atomic E-state index is 0.402. The Hall–Kier alpha value is -1.37. The molecule has 0 saturated carbocycles. The highest BCUT2D eigenvalue weighted by molar-refractivity contribution is 5.43. The van der Waals surface area contributed by atoms with Gasteiger partial charge in [0.05, 0.1) is 19.3 Å². The third-order valence-corrected chi connectivity index (χ3v) is 3.95. The Labute approximate surface area is 102 Å². The highest BCUT2D eigenvalue weighted by Gasteiger charge is 2.44. The van der Waals surface area contributed by atoms with E-state index < -0.39 is 5.54 Å². The van der Waals surface area contributed by atoms with Gasteiger partial charge in [0, 0.05) is 13.1 Å². The van der Waals surface area contributed by atoms with Gasteiger partial charge in [0.15, 0.2) is 0 Å². The maximum atomic E-state index is 9.68. The van der Waals surface area contributed by atoms with Crippen LogP contribution >= 0.6 is 0 Å². The number of hydrogen-bond acceptors (Lipinski definition) is 3. The van der Waals surface area contributed by atoms with Crippen LogP contribution in [0.3, 0.4) is 0 Å². The van der Waals surface area contributed by atoms with E-state index in [0.717, 1.165) is 39.1 Å². The normalized spacial score (nSPS) is 28.6. The first-order valence-corrected chi connectivity index (χ1v) is 6.19. The van der Waals surface area contributed by atoms with Gasteiger partial charge in [-0.2, -0.15) is 5.26 Å². The van der Waals surface area contributed by atoms with E-state index in [1.54, 1.807) is 0 Å². The van der Waals surface area contributed by atoms with E-state index >= 15 is 0 Å². The zero-order valence-electron chi connectivity index (χ0n) is 9.85. The fourth-order valence-electron chi connectivity index (χ4n) is 3.05. The van der Waals surface area contributed by atoms with E-state index in [4.69, 9.17) is 4.74 Å². The first kappa shape index (κ1) is 10.8. The Morgan fingerprint density at radius 1 is 1.24 bits per heavy atom. The number of aryl methyl sites for hydroxylation is 1. The number of nitriles is 1. The number of benzene rings is 1. The predicted octanol–water partition coefficient (Wildman–Crippen LogP) is 1.68. The van der Waals surface area contributed by atoms with Gasteiger partial charge in [-0.3, -0.25) is 4.90 Å². The maximum Gasteiger partial charge on any atom is 0.135 e. The van der Waals surface area contributed by atoms with Crippen molar-refractivity contribution >= 4 is 0 Å². The van der Waals surface area contributed by atoms with Crippen LogP contribution in [-0.4, -0.2) is 31.2 Å². The van der Waals surface area contributed by atoms with Crippen molar-refractivity contribution in [3.8, 4) is 6.07 Å². The van der Waals surface area contributed by atoms with Crippen molar-refractivity contribution in [1.82, 2.24) is 4.90 Å². The van der Waals surface area contributed by atoms with Gasteiger partial charge in [0.2, 0.25) is 0 Å². The quantitative estimate of drug-likeness (QED) is 0.733. The molecule has 1 saturated heterocycles. The summed E-state index contributed by atoms with van der Waals surface area (Å²) in [6.45, 7) is 3.21. The molecule has 3 rings (SSSR count). The van der Waals surface area contributed by atoms with Crippen LogP contribution in [0.25, 0.3) is 0 Å². The van der Waals surface area contributed by atoms with Crippen LogP contribution in [-0.2, 0) is 16.7 Å². The van der Waals surface area contributed by atoms with Gasteiger partial charge in [-0.1, -0.05) is 24.3 Å². The van der Waals surface area contributed by atoms with Crippen LogP contribution in [0, 0.1) is 11.3 Å². The van der Waals surface area contributed by atoms with Gasteiger partial charge in [-0.25, -0.2) is 0 Å². The van der Waals surface area contributed by atoms with Gasteiger partial charge in [0.1, 0.15) is 5.54 Å². The molecule has 88 valence electrons. The standard InChI is InChI=1S/C14H16N2O/c15-11-14(16-7-9-17-10-8-16)6-5-12-3-1-2-4-13(12)14/h1-4H,5-10H2. The fourth-order valence-corrected chi connectivity index (χ4v) is 3.05. The summed E-state index contributed by atoms with van der Waals surface area (Å²) in [7, 11) is 0. The summed E-state index contributed by atoms with van der Waals surface area (Å²) < 4.78 is 5.39. The molecule has 0 amide bonds. The number of nitrogens with zero attached hydrogens (tertiary/aromatic N) is 2. The Morgan fingerprint density at radius 3 is 2.76 bits per heavy atom. The fraction of sp³-hybridized carbons (Fsp3) is 0.500. The molecule has 1 aromatic carbocycles. The molecule has 0 N–H and O–H groups in total. The summed E-state index contributed by atoms with van der Waals surface area (Å²) in [4.78, 5) is 2.29. The summed E-state index contributed by atoms with van der Waals surface area (Å²) in [5.74, 6) is 0. The predicted molar refractivity (Wildman–Crippen MR) is 64.4 cm³/mol. The van der Waals surface area contributed by atoms with Crippen molar-refractivity contribution in [3.63, 3.8) is 0 Å². The van der Waals surface area contributed by atoms with Gasteiger partial charge >= 0.3 is 0 Å². The molecule has 1 aliphatic carbocycles. The van der Waals surface area contributed by atoms with E-state index in [9.17, 15) is 5.26 Å². The zero-order valence-corrected chi connectivity index (χ0v) is 9.85. The average molecular weight is 228 g/mol. The number of rotatable bonds is 1. The molecule has 17 heavy (non-hydrogen) atoms. The lowest BCUT2D eigenvalue weighted by Gasteiger charge is -2.38. The van der Waals surface area contributed by atoms with Crippen LogP contribution in [0.2, 0.25) is 0 Å². The molecule has 1 atom stereocenters. The largest absolute Gasteiger partial charge is 0.379 e. The lowest BCUT2D eigenvalue weighted by atomic mass is 9.91. The molecule has 1 aliphatic heterocycles. The first-order valence-electron chi connectivity index (χ1n) is 6.19. The van der Waals surface area contributed by atoms with Gasteiger partial charge in [-0.15, -0.1) is 0 Å². The molecule has 1 fully saturated rings. The van der Waals surface area contributed by atoms with Crippen molar-refractivity contribution in [3.05, 3.63) is 35.4 Å². The van der Waals surface area contributed by atoms with Gasteiger partial charge in [-0.05, 0) is 24.0 Å². The summed E-state index contributed by atoms with van der Waals surface area (Å²) in [6, 6.07) is 10.9. The lowest BCUT2D eigenvalue weighted by molar-refractivity contribution is -0.00459. The molecule has 0 aromatic heterocycles. The number of fused-ring (bicyclic) bond motifs is 1. The van der Waals surface area contributed by atoms with E-state index in [-0.39, 0.29) is 0 Å². The minimum atomic E-state index is -0.402. The molecule has 1 heterocycles. The second-order valence-electron chi connectivity index (χ2n) is 4.73. The van der Waals surface area contributed by atoms with Crippen LogP contribution in [0.5, 0.6) is 0 Å². The molecular formula is C14H16N2O. The smallest absolute Gasteiger partial charge is 0.135 e. The minimum Gasteiger partial charge on any atom is -0.379 e. The molecule has 3 heteroatoms. The van der Waals surface area contributed by atoms with Crippen LogP contribution in [0.4, 0.5) is 0 Å². The third kappa shape index (κ3) is 1.56. The second-order valence-corrected chi connectivity index (χ2v) is 4.73. The van der Waals surface area contributed by atoms with Gasteiger partial charge in [0.25, 0.3) is 0 Å². The monoisotopic (exact) mass is 228 g/mol. The topological polar surface area (TPSA) is 36.3 Å². The number of morpholine rings is 1. The second kappa shape index (κ2) is 4.14. The van der Waals surface area contributed by atoms with Gasteiger partial charge < -0.3 is 4.74 Å². The summed E-state index contributed by atoms with van der Waals surface area (Å²) in [5, 5.41) is 9.68. The molecule has 3 nitrogen and oxygen atoms in total. The third-order valence-electron chi connectivity index (χ3n) is 3.95. The van der Waals surface area contributed by atoms with Crippen LogP contribution < -0.4 is 0 Å². The molecule has 0 bridgehead atoms. The highest BCUT2D eigenvalue weighted by Crippen LogP contribution is 2.41. The van der Waals surface area contributed by atoms with Crippen molar-refractivity contribution in [1.29, 1.82) is 5.26 Å². The van der Waals surface area contributed by atoms with Crippen LogP contribution in [0.15, 0.2) is 24.3 Å². The Bertz CT molecular complexity index is 460. The molecule has 0 spiro atoms. The van der Waals surface area contributed by atoms with E-state index in [1.807, 2.05) is 6.07 Å². The summed E-state index contributed by atoms with van der Waals surface area (Å²) >= 11 is 0. The van der Waals surface area contributed by atoms with Crippen molar-refractivity contribution in [2.75, 3.05) is 26.3 Å². The van der Waals surface area contributed by atoms with E-state index in [2.05, 4.69) is 29.2 Å². The summed E-state index contributed by atoms with van der Waals surface area (Å²) in [5.41, 5.74) is 2.14. The van der Waals surface area contributed by atoms with Crippen molar-refractivity contribution < 1.29 is 4.74 Å². The van der Waals surface area contributed by atoms with E-state index in [0.29, 0.717) is 0 Å². The first-order chi connectivity index (χ1) is 8.37. The van der Waals surface area contributed by atoms with E-state index in [1.165, 1.54) is 11.1 Å². The maximum absolute atomic E-state index is 9.68. The number of hydrogen-bond donors (Lipinski definition) is 0. The number of ether oxygens (including phenoxy) is 1. The van der Waals surface area contributed by atoms with Crippen molar-refractivity contribution in [2.24, 2.45) is 0 Å². The zero-order chi connectivity index (χ0) is 11.7. The summed E-state index contributed by atoms with van der Waals surface area (Å²) in [6.07, 6.45) is 1.93. The lowest BCUT2D eigenvalue weighted by Crippen LogP contribution is -2.49. The molecule has 0 radical (unpaired) electrons. The van der Waals surface area contributed by atoms with Crippen LogP contribution in [0.1, 0.15) is 17.5 Å². The SMILES string of the molecule is N#CC1(N2CCOCC2)CCc2ccccc21. The molecule has 1 aromatic rings. The molecule has 1 unspecified atom stereocenters. The van der Waals surface area contributed by atoms with Crippen molar-refractivity contribution in [2.45, 2.75) is 18.4 Å². The Morgan fingerprint density at radius 2 is 2.00 bits per heavy atom. The Balaban J connectivity index is 2.02.